The average Bonchev–Trinajstić information content (AvgIpc) is 3.50. The summed E-state index contributed by atoms with van der Waals surface area (Å²) in [5.41, 5.74) is 1.63. The molecule has 5 rings (SSSR count). The van der Waals surface area contributed by atoms with Crippen LogP contribution in [0, 0.1) is 5.92 Å². The first-order valence-electron chi connectivity index (χ1n) is 11.9. The van der Waals surface area contributed by atoms with Gasteiger partial charge in [-0.25, -0.2) is 4.79 Å². The first-order valence-corrected chi connectivity index (χ1v) is 11.9. The molecule has 180 valence electrons. The second-order valence-electron chi connectivity index (χ2n) is 8.92. The van der Waals surface area contributed by atoms with Gasteiger partial charge in [0.15, 0.2) is 0 Å². The molecular formula is C27H28N4O4. The molecule has 3 N–H and O–H groups in total. The molecule has 8 heteroatoms. The Kier molecular flexibility index (Phi) is 6.63. The van der Waals surface area contributed by atoms with Gasteiger partial charge in [-0.1, -0.05) is 66.7 Å². The number of nitrogens with one attached hydrogen (secondary N) is 3. The smallest absolute Gasteiger partial charge is 0.407 e. The van der Waals surface area contributed by atoms with E-state index in [1.54, 1.807) is 4.90 Å². The highest BCUT2D eigenvalue weighted by Crippen LogP contribution is 2.31. The van der Waals surface area contributed by atoms with Gasteiger partial charge in [0, 0.05) is 29.7 Å². The number of benzene rings is 3. The molecule has 2 fully saturated rings. The molecule has 0 radical (unpaired) electrons. The van der Waals surface area contributed by atoms with Crippen molar-refractivity contribution in [3.05, 3.63) is 78.4 Å². The number of likely N-dealkylation sites (tertiary alicyclic amines) is 1. The van der Waals surface area contributed by atoms with Crippen molar-refractivity contribution in [3.8, 4) is 0 Å². The quantitative estimate of drug-likeness (QED) is 0.512. The number of anilines is 1. The number of nitrogens with zero attached hydrogens (tertiary/aromatic N) is 1. The van der Waals surface area contributed by atoms with Crippen LogP contribution in [0.25, 0.3) is 10.8 Å². The summed E-state index contributed by atoms with van der Waals surface area (Å²) in [4.78, 5) is 40.0. The third-order valence-electron chi connectivity index (χ3n) is 6.76. The van der Waals surface area contributed by atoms with E-state index in [9.17, 15) is 14.4 Å². The molecule has 2 aliphatic heterocycles. The highest BCUT2D eigenvalue weighted by molar-refractivity contribution is 6.03. The predicted molar refractivity (Wildman–Crippen MR) is 133 cm³/mol. The first kappa shape index (κ1) is 22.9. The van der Waals surface area contributed by atoms with Crippen LogP contribution in [0.3, 0.4) is 0 Å². The Labute approximate surface area is 203 Å². The number of rotatable bonds is 6. The summed E-state index contributed by atoms with van der Waals surface area (Å²) < 4.78 is 5.19. The van der Waals surface area contributed by atoms with Crippen molar-refractivity contribution in [2.45, 2.75) is 25.1 Å². The second-order valence-corrected chi connectivity index (χ2v) is 8.92. The monoisotopic (exact) mass is 472 g/mol. The van der Waals surface area contributed by atoms with Crippen molar-refractivity contribution in [2.75, 3.05) is 25.0 Å². The number of amides is 3. The van der Waals surface area contributed by atoms with Crippen LogP contribution in [0.15, 0.2) is 72.8 Å². The van der Waals surface area contributed by atoms with E-state index in [4.69, 9.17) is 4.74 Å². The lowest BCUT2D eigenvalue weighted by molar-refractivity contribution is -0.131. The predicted octanol–water partition coefficient (Wildman–Crippen LogP) is 2.89. The zero-order valence-electron chi connectivity index (χ0n) is 19.3. The maximum Gasteiger partial charge on any atom is 0.407 e. The number of hydrogen-bond acceptors (Lipinski definition) is 5. The molecule has 3 amide bonds. The van der Waals surface area contributed by atoms with E-state index in [1.807, 2.05) is 72.8 Å². The zero-order valence-corrected chi connectivity index (χ0v) is 19.3. The van der Waals surface area contributed by atoms with Crippen LogP contribution in [0.5, 0.6) is 0 Å². The molecule has 2 aliphatic rings. The Balaban J connectivity index is 1.19. The molecule has 2 saturated heterocycles. The van der Waals surface area contributed by atoms with Crippen LogP contribution in [0.4, 0.5) is 10.5 Å². The summed E-state index contributed by atoms with van der Waals surface area (Å²) in [5.74, 6) is -0.715. The maximum atomic E-state index is 13.3. The summed E-state index contributed by atoms with van der Waals surface area (Å²) in [6, 6.07) is 22.9. The van der Waals surface area contributed by atoms with E-state index in [0.717, 1.165) is 35.0 Å². The van der Waals surface area contributed by atoms with Crippen LogP contribution < -0.4 is 16.0 Å². The summed E-state index contributed by atoms with van der Waals surface area (Å²) in [5, 5.41) is 11.0. The van der Waals surface area contributed by atoms with Gasteiger partial charge in [0.2, 0.25) is 11.8 Å². The molecule has 2 heterocycles. The molecule has 0 aromatic heterocycles. The number of carbonyl (C=O) groups excluding carboxylic acids is 3. The van der Waals surface area contributed by atoms with Crippen molar-refractivity contribution in [3.63, 3.8) is 0 Å². The lowest BCUT2D eigenvalue weighted by Crippen LogP contribution is -2.44. The fraction of sp³-hybridized carbons (Fsp3) is 0.296. The average molecular weight is 473 g/mol. The Morgan fingerprint density at radius 1 is 0.971 bits per heavy atom. The van der Waals surface area contributed by atoms with Crippen LogP contribution >= 0.6 is 0 Å². The summed E-state index contributed by atoms with van der Waals surface area (Å²) in [6.07, 6.45) is 0.125. The second kappa shape index (κ2) is 10.1. The lowest BCUT2D eigenvalue weighted by atomic mass is 9.99. The van der Waals surface area contributed by atoms with Gasteiger partial charge in [0.05, 0.1) is 5.92 Å². The van der Waals surface area contributed by atoms with Crippen LogP contribution in [-0.2, 0) is 20.9 Å². The molecule has 35 heavy (non-hydrogen) atoms. The molecule has 8 nitrogen and oxygen atoms in total. The highest BCUT2D eigenvalue weighted by atomic mass is 16.5. The van der Waals surface area contributed by atoms with Gasteiger partial charge in [0.1, 0.15) is 13.2 Å². The number of ether oxygens (including phenoxy) is 1. The van der Waals surface area contributed by atoms with E-state index in [2.05, 4.69) is 16.0 Å². The Bertz CT molecular complexity index is 1230. The molecule has 0 saturated carbocycles. The van der Waals surface area contributed by atoms with Gasteiger partial charge in [-0.05, 0) is 30.0 Å². The van der Waals surface area contributed by atoms with Gasteiger partial charge < -0.3 is 25.6 Å². The SMILES string of the molecule is O=C(NCC(=O)N1C[C@H](C(=O)Nc2cccc3ccccc23)[C@H]2NCC[C@H]21)OCc1ccccc1. The Hall–Kier alpha value is -3.91. The van der Waals surface area contributed by atoms with Crippen LogP contribution in [0.2, 0.25) is 0 Å². The molecule has 0 unspecified atom stereocenters. The molecule has 3 atom stereocenters. The van der Waals surface area contributed by atoms with E-state index >= 15 is 0 Å². The minimum atomic E-state index is -0.646. The number of fused-ring (bicyclic) bond motifs is 2. The minimum absolute atomic E-state index is 0.0760. The van der Waals surface area contributed by atoms with Crippen molar-refractivity contribution in [1.82, 2.24) is 15.5 Å². The standard InChI is InChI=1S/C27H28N4O4/c32-24(15-29-27(34)35-17-18-7-2-1-3-8-18)31-16-21(25-23(31)13-14-28-25)26(33)30-22-12-6-10-19-9-4-5-11-20(19)22/h1-12,21,23,25,28H,13-17H2,(H,29,34)(H,30,33)/t21-,23+,25+/m0/s1. The molecule has 0 bridgehead atoms. The van der Waals surface area contributed by atoms with Crippen LogP contribution in [0.1, 0.15) is 12.0 Å². The third-order valence-corrected chi connectivity index (χ3v) is 6.76. The van der Waals surface area contributed by atoms with Crippen molar-refractivity contribution in [1.29, 1.82) is 0 Å². The fourth-order valence-corrected chi connectivity index (χ4v) is 5.05. The fourth-order valence-electron chi connectivity index (χ4n) is 5.05. The summed E-state index contributed by atoms with van der Waals surface area (Å²) in [6.45, 7) is 1.01. The van der Waals surface area contributed by atoms with E-state index < -0.39 is 6.09 Å². The van der Waals surface area contributed by atoms with E-state index in [0.29, 0.717) is 6.54 Å². The molecule has 0 spiro atoms. The van der Waals surface area contributed by atoms with Gasteiger partial charge in [0.25, 0.3) is 0 Å². The largest absolute Gasteiger partial charge is 0.445 e. The van der Waals surface area contributed by atoms with Gasteiger partial charge >= 0.3 is 6.09 Å². The normalized spacial score (nSPS) is 20.9. The lowest BCUT2D eigenvalue weighted by Gasteiger charge is -2.23. The number of carbonyl (C=O) groups is 3. The Morgan fingerprint density at radius 3 is 2.60 bits per heavy atom. The van der Waals surface area contributed by atoms with Crippen LogP contribution in [-0.4, -0.2) is 54.5 Å². The Morgan fingerprint density at radius 2 is 1.74 bits per heavy atom. The van der Waals surface area contributed by atoms with Gasteiger partial charge in [-0.15, -0.1) is 0 Å². The minimum Gasteiger partial charge on any atom is -0.445 e. The molecular weight excluding hydrogens is 444 g/mol. The zero-order chi connectivity index (χ0) is 24.2. The topological polar surface area (TPSA) is 99.8 Å². The molecule has 0 aliphatic carbocycles. The van der Waals surface area contributed by atoms with Crippen molar-refractivity contribution < 1.29 is 19.1 Å². The van der Waals surface area contributed by atoms with Crippen molar-refractivity contribution >= 4 is 34.4 Å². The van der Waals surface area contributed by atoms with Gasteiger partial charge in [-0.2, -0.15) is 0 Å². The number of alkyl carbamates (subject to hydrolysis) is 1. The third kappa shape index (κ3) is 4.97. The van der Waals surface area contributed by atoms with E-state index in [1.165, 1.54) is 0 Å². The first-order chi connectivity index (χ1) is 17.1. The van der Waals surface area contributed by atoms with E-state index in [-0.39, 0.29) is 43.0 Å². The van der Waals surface area contributed by atoms with Crippen molar-refractivity contribution in [2.24, 2.45) is 5.92 Å². The summed E-state index contributed by atoms with van der Waals surface area (Å²) >= 11 is 0. The summed E-state index contributed by atoms with van der Waals surface area (Å²) in [7, 11) is 0. The number of hydrogen-bond donors (Lipinski definition) is 3. The highest BCUT2D eigenvalue weighted by Gasteiger charge is 2.49. The molecule has 3 aromatic rings. The molecule has 3 aromatic carbocycles. The van der Waals surface area contributed by atoms with Gasteiger partial charge in [-0.3, -0.25) is 9.59 Å². The maximum absolute atomic E-state index is 13.3.